The molecule has 0 aliphatic heterocycles. The summed E-state index contributed by atoms with van der Waals surface area (Å²) in [4.78, 5) is 4.51. The fourth-order valence-electron chi connectivity index (χ4n) is 2.31. The monoisotopic (exact) mass is 329 g/mol. The van der Waals surface area contributed by atoms with Crippen molar-refractivity contribution in [2.45, 2.75) is 26.9 Å². The molecule has 0 aromatic heterocycles. The van der Waals surface area contributed by atoms with Crippen LogP contribution in [0.25, 0.3) is 0 Å². The standard InChI is InChI=1S/C19H24FN3O/c1-4-21-19(23-13-16-8-6-5-7-14(16)2)22-12-15-9-10-18(24-3)17(20)11-15/h5-11H,4,12-13H2,1-3H3,(H2,21,22,23). The highest BCUT2D eigenvalue weighted by molar-refractivity contribution is 5.79. The summed E-state index contributed by atoms with van der Waals surface area (Å²) in [6, 6.07) is 13.1. The predicted octanol–water partition coefficient (Wildman–Crippen LogP) is 3.40. The number of hydrogen-bond acceptors (Lipinski definition) is 2. The van der Waals surface area contributed by atoms with E-state index in [1.807, 2.05) is 25.1 Å². The van der Waals surface area contributed by atoms with E-state index in [4.69, 9.17) is 4.74 Å². The van der Waals surface area contributed by atoms with Crippen molar-refractivity contribution < 1.29 is 9.13 Å². The molecule has 0 unspecified atom stereocenters. The van der Waals surface area contributed by atoms with Gasteiger partial charge in [0.05, 0.1) is 13.7 Å². The van der Waals surface area contributed by atoms with Crippen molar-refractivity contribution in [2.24, 2.45) is 4.99 Å². The molecule has 2 aromatic carbocycles. The molecule has 128 valence electrons. The maximum absolute atomic E-state index is 13.7. The summed E-state index contributed by atoms with van der Waals surface area (Å²) in [5.74, 6) is 0.576. The molecule has 5 heteroatoms. The minimum absolute atomic E-state index is 0.243. The predicted molar refractivity (Wildman–Crippen MR) is 95.8 cm³/mol. The zero-order valence-electron chi connectivity index (χ0n) is 14.4. The van der Waals surface area contributed by atoms with E-state index >= 15 is 0 Å². The Balaban J connectivity index is 2.02. The molecule has 0 aliphatic rings. The van der Waals surface area contributed by atoms with E-state index in [2.05, 4.69) is 34.7 Å². The second-order valence-corrected chi connectivity index (χ2v) is 5.44. The summed E-state index contributed by atoms with van der Waals surface area (Å²) in [6.07, 6.45) is 0. The molecule has 0 bridgehead atoms. The molecule has 4 nitrogen and oxygen atoms in total. The Morgan fingerprint density at radius 2 is 1.96 bits per heavy atom. The second kappa shape index (κ2) is 8.91. The lowest BCUT2D eigenvalue weighted by molar-refractivity contribution is 0.386. The van der Waals surface area contributed by atoms with Crippen molar-refractivity contribution in [3.05, 3.63) is 65.0 Å². The Bertz CT molecular complexity index is 701. The van der Waals surface area contributed by atoms with Gasteiger partial charge in [0.1, 0.15) is 0 Å². The maximum atomic E-state index is 13.7. The van der Waals surface area contributed by atoms with Gasteiger partial charge in [-0.15, -0.1) is 0 Å². The Labute approximate surface area is 142 Å². The summed E-state index contributed by atoms with van der Waals surface area (Å²) in [6.45, 7) is 5.94. The lowest BCUT2D eigenvalue weighted by Crippen LogP contribution is -2.36. The molecule has 0 amide bonds. The smallest absolute Gasteiger partial charge is 0.191 e. The van der Waals surface area contributed by atoms with Crippen molar-refractivity contribution in [1.82, 2.24) is 10.6 Å². The topological polar surface area (TPSA) is 45.7 Å². The van der Waals surface area contributed by atoms with Crippen LogP contribution in [-0.2, 0) is 13.1 Å². The summed E-state index contributed by atoms with van der Waals surface area (Å²) >= 11 is 0. The molecule has 0 saturated carbocycles. The first-order valence-corrected chi connectivity index (χ1v) is 8.03. The zero-order valence-corrected chi connectivity index (χ0v) is 14.4. The highest BCUT2D eigenvalue weighted by atomic mass is 19.1. The van der Waals surface area contributed by atoms with Crippen LogP contribution in [0, 0.1) is 12.7 Å². The zero-order chi connectivity index (χ0) is 17.4. The van der Waals surface area contributed by atoms with Gasteiger partial charge < -0.3 is 15.4 Å². The highest BCUT2D eigenvalue weighted by Crippen LogP contribution is 2.18. The van der Waals surface area contributed by atoms with Crippen LogP contribution in [0.4, 0.5) is 4.39 Å². The normalized spacial score (nSPS) is 11.2. The van der Waals surface area contributed by atoms with Crippen LogP contribution in [0.5, 0.6) is 5.75 Å². The van der Waals surface area contributed by atoms with Gasteiger partial charge in [-0.2, -0.15) is 0 Å². The number of hydrogen-bond donors (Lipinski definition) is 2. The molecule has 2 rings (SSSR count). The largest absolute Gasteiger partial charge is 0.494 e. The number of aryl methyl sites for hydroxylation is 1. The number of aliphatic imine (C=N–C) groups is 1. The van der Waals surface area contributed by atoms with Crippen LogP contribution in [0.2, 0.25) is 0 Å². The maximum Gasteiger partial charge on any atom is 0.191 e. The van der Waals surface area contributed by atoms with Gasteiger partial charge in [0.15, 0.2) is 17.5 Å². The van der Waals surface area contributed by atoms with Crippen molar-refractivity contribution in [1.29, 1.82) is 0 Å². The van der Waals surface area contributed by atoms with Gasteiger partial charge in [-0.25, -0.2) is 9.38 Å². The van der Waals surface area contributed by atoms with Gasteiger partial charge in [0.25, 0.3) is 0 Å². The summed E-state index contributed by atoms with van der Waals surface area (Å²) in [5, 5.41) is 6.51. The number of halogens is 1. The lowest BCUT2D eigenvalue weighted by atomic mass is 10.1. The number of benzene rings is 2. The minimum atomic E-state index is -0.372. The minimum Gasteiger partial charge on any atom is -0.494 e. The molecule has 0 aliphatic carbocycles. The Morgan fingerprint density at radius 3 is 2.62 bits per heavy atom. The molecule has 2 N–H and O–H groups in total. The number of methoxy groups -OCH3 is 1. The van der Waals surface area contributed by atoms with Crippen LogP contribution >= 0.6 is 0 Å². The van der Waals surface area contributed by atoms with Gasteiger partial charge in [0.2, 0.25) is 0 Å². The lowest BCUT2D eigenvalue weighted by Gasteiger charge is -2.13. The molecule has 0 atom stereocenters. The Morgan fingerprint density at radius 1 is 1.17 bits per heavy atom. The number of nitrogens with one attached hydrogen (secondary N) is 2. The number of rotatable bonds is 6. The molecule has 2 aromatic rings. The molecule has 0 radical (unpaired) electrons. The summed E-state index contributed by atoms with van der Waals surface area (Å²) < 4.78 is 18.7. The van der Waals surface area contributed by atoms with E-state index in [1.165, 1.54) is 24.3 Å². The molecular formula is C19H24FN3O. The summed E-state index contributed by atoms with van der Waals surface area (Å²) in [5.41, 5.74) is 3.25. The summed E-state index contributed by atoms with van der Waals surface area (Å²) in [7, 11) is 1.45. The van der Waals surface area contributed by atoms with E-state index in [0.717, 1.165) is 12.1 Å². The number of ether oxygens (including phenoxy) is 1. The first-order valence-electron chi connectivity index (χ1n) is 8.03. The number of guanidine groups is 1. The van der Waals surface area contributed by atoms with Crippen molar-refractivity contribution >= 4 is 5.96 Å². The third kappa shape index (κ3) is 4.98. The fourth-order valence-corrected chi connectivity index (χ4v) is 2.31. The molecule has 0 fully saturated rings. The van der Waals surface area contributed by atoms with Gasteiger partial charge >= 0.3 is 0 Å². The van der Waals surface area contributed by atoms with Crippen molar-refractivity contribution in [3.8, 4) is 5.75 Å². The highest BCUT2D eigenvalue weighted by Gasteiger charge is 2.04. The average molecular weight is 329 g/mol. The van der Waals surface area contributed by atoms with Crippen molar-refractivity contribution in [3.63, 3.8) is 0 Å². The van der Waals surface area contributed by atoms with E-state index in [0.29, 0.717) is 19.0 Å². The molecule has 0 saturated heterocycles. The van der Waals surface area contributed by atoms with E-state index in [1.54, 1.807) is 6.07 Å². The second-order valence-electron chi connectivity index (χ2n) is 5.44. The van der Waals surface area contributed by atoms with Gasteiger partial charge in [-0.3, -0.25) is 0 Å². The SMILES string of the molecule is CCNC(=NCc1ccc(OC)c(F)c1)NCc1ccccc1C. The van der Waals surface area contributed by atoms with Crippen LogP contribution in [0.15, 0.2) is 47.5 Å². The van der Waals surface area contributed by atoms with Gasteiger partial charge in [-0.1, -0.05) is 30.3 Å². The number of nitrogens with zero attached hydrogens (tertiary/aromatic N) is 1. The van der Waals surface area contributed by atoms with Gasteiger partial charge in [0, 0.05) is 13.1 Å². The first kappa shape index (κ1) is 17.8. The van der Waals surface area contributed by atoms with Crippen LogP contribution in [-0.4, -0.2) is 19.6 Å². The average Bonchev–Trinajstić information content (AvgIpc) is 2.58. The Hall–Kier alpha value is -2.56. The fraction of sp³-hybridized carbons (Fsp3) is 0.316. The molecule has 0 spiro atoms. The Kier molecular flexibility index (Phi) is 6.61. The van der Waals surface area contributed by atoms with Gasteiger partial charge in [-0.05, 0) is 42.7 Å². The van der Waals surface area contributed by atoms with E-state index < -0.39 is 0 Å². The molecule has 24 heavy (non-hydrogen) atoms. The van der Waals surface area contributed by atoms with Crippen molar-refractivity contribution in [2.75, 3.05) is 13.7 Å². The van der Waals surface area contributed by atoms with Crippen LogP contribution < -0.4 is 15.4 Å². The molecule has 0 heterocycles. The quantitative estimate of drug-likeness (QED) is 0.631. The third-order valence-corrected chi connectivity index (χ3v) is 3.69. The van der Waals surface area contributed by atoms with Crippen LogP contribution in [0.3, 0.4) is 0 Å². The van der Waals surface area contributed by atoms with E-state index in [-0.39, 0.29) is 11.6 Å². The first-order chi connectivity index (χ1) is 11.6. The molecular weight excluding hydrogens is 305 g/mol. The van der Waals surface area contributed by atoms with Crippen LogP contribution in [0.1, 0.15) is 23.6 Å². The third-order valence-electron chi connectivity index (χ3n) is 3.69. The van der Waals surface area contributed by atoms with E-state index in [9.17, 15) is 4.39 Å².